The average Bonchev–Trinajstić information content (AvgIpc) is 3.74. The summed E-state index contributed by atoms with van der Waals surface area (Å²) in [4.78, 5) is 32.7. The van der Waals surface area contributed by atoms with Crippen molar-refractivity contribution >= 4 is 11.8 Å². The summed E-state index contributed by atoms with van der Waals surface area (Å²) in [6, 6.07) is 9.91. The quantitative estimate of drug-likeness (QED) is 0.260. The normalized spacial score (nSPS) is 15.3. The highest BCUT2D eigenvalue weighted by atomic mass is 19.1. The molecular weight excluding hydrogens is 569 g/mol. The van der Waals surface area contributed by atoms with E-state index < -0.39 is 11.9 Å². The molecule has 1 aliphatic rings. The molecule has 3 aromatic rings. The van der Waals surface area contributed by atoms with Gasteiger partial charge in [-0.2, -0.15) is 4.80 Å². The third kappa shape index (κ3) is 8.50. The Morgan fingerprint density at radius 3 is 2.50 bits per heavy atom. The van der Waals surface area contributed by atoms with E-state index in [0.717, 1.165) is 32.5 Å². The smallest absolute Gasteiger partial charge is 0.247 e. The van der Waals surface area contributed by atoms with E-state index in [2.05, 4.69) is 39.5 Å². The first kappa shape index (κ1) is 32.8. The Kier molecular flexibility index (Phi) is 12.0. The van der Waals surface area contributed by atoms with Crippen molar-refractivity contribution < 1.29 is 28.2 Å². The Morgan fingerprint density at radius 2 is 1.84 bits per heavy atom. The Labute approximate surface area is 257 Å². The first-order valence-corrected chi connectivity index (χ1v) is 15.0. The summed E-state index contributed by atoms with van der Waals surface area (Å²) < 4.78 is 30.3. The number of rotatable bonds is 16. The number of benzene rings is 2. The molecule has 2 atom stereocenters. The van der Waals surface area contributed by atoms with Gasteiger partial charge in [-0.15, -0.1) is 10.2 Å². The minimum Gasteiger partial charge on any atom is -0.493 e. The number of amides is 2. The Bertz CT molecular complexity index is 1360. The van der Waals surface area contributed by atoms with E-state index in [1.54, 1.807) is 37.4 Å². The molecule has 0 saturated carbocycles. The molecule has 0 spiro atoms. The molecule has 4 rings (SSSR count). The second kappa shape index (κ2) is 16.1. The maximum absolute atomic E-state index is 14.0. The van der Waals surface area contributed by atoms with Gasteiger partial charge in [0.05, 0.1) is 20.3 Å². The van der Waals surface area contributed by atoms with Crippen LogP contribution in [0.4, 0.5) is 4.39 Å². The van der Waals surface area contributed by atoms with Crippen molar-refractivity contribution in [1.29, 1.82) is 0 Å². The van der Waals surface area contributed by atoms with E-state index in [4.69, 9.17) is 14.2 Å². The second-order valence-corrected chi connectivity index (χ2v) is 10.5. The van der Waals surface area contributed by atoms with E-state index >= 15 is 0 Å². The molecular formula is C31H42FN7O5. The summed E-state index contributed by atoms with van der Waals surface area (Å²) in [6.07, 6.45) is 2.35. The summed E-state index contributed by atoms with van der Waals surface area (Å²) in [5.74, 6) is 0.206. The minimum atomic E-state index is -0.991. The SMILES string of the molecule is CCN(CC)CCCN(C(=O)Cn1nnc(-c2ccc(OC)c(OC)c2)n1)[C@H](C(=O)NC[C@@H]1CCCO1)c1ccc(F)cc1. The summed E-state index contributed by atoms with van der Waals surface area (Å²) in [5, 5.41) is 15.6. The van der Waals surface area contributed by atoms with Crippen LogP contribution < -0.4 is 14.8 Å². The standard InChI is InChI=1S/C31H42FN7O5/c1-5-37(6-2)16-8-17-38(29(22-10-13-24(32)14-11-22)31(41)33-20-25-9-7-18-44-25)28(40)21-39-35-30(34-36-39)23-12-15-26(42-3)27(19-23)43-4/h10-15,19,25,29H,5-9,16-18,20-21H2,1-4H3,(H,33,41)/t25-,29-/m0/s1. The van der Waals surface area contributed by atoms with Crippen molar-refractivity contribution in [3.63, 3.8) is 0 Å². The van der Waals surface area contributed by atoms with E-state index in [0.29, 0.717) is 54.6 Å². The Balaban J connectivity index is 1.59. The Hall–Kier alpha value is -4.10. The van der Waals surface area contributed by atoms with E-state index in [-0.39, 0.29) is 24.5 Å². The van der Waals surface area contributed by atoms with Gasteiger partial charge >= 0.3 is 0 Å². The molecule has 2 amide bonds. The molecule has 13 heteroatoms. The van der Waals surface area contributed by atoms with Gasteiger partial charge in [-0.3, -0.25) is 9.59 Å². The monoisotopic (exact) mass is 611 g/mol. The third-order valence-corrected chi connectivity index (χ3v) is 7.73. The molecule has 1 saturated heterocycles. The minimum absolute atomic E-state index is 0.0750. The van der Waals surface area contributed by atoms with Crippen LogP contribution in [-0.2, 0) is 20.9 Å². The first-order valence-electron chi connectivity index (χ1n) is 15.0. The van der Waals surface area contributed by atoms with Gasteiger partial charge in [-0.25, -0.2) is 4.39 Å². The number of carbonyl (C=O) groups is 2. The zero-order valence-electron chi connectivity index (χ0n) is 25.9. The Morgan fingerprint density at radius 1 is 1.09 bits per heavy atom. The summed E-state index contributed by atoms with van der Waals surface area (Å²) in [5.41, 5.74) is 1.14. The fourth-order valence-electron chi connectivity index (χ4n) is 5.25. The van der Waals surface area contributed by atoms with Crippen LogP contribution in [0, 0.1) is 5.82 Å². The molecule has 0 bridgehead atoms. The number of nitrogens with zero attached hydrogens (tertiary/aromatic N) is 6. The molecule has 0 unspecified atom stereocenters. The van der Waals surface area contributed by atoms with Crippen molar-refractivity contribution in [2.45, 2.75) is 51.8 Å². The van der Waals surface area contributed by atoms with E-state index in [9.17, 15) is 14.0 Å². The molecule has 1 aliphatic heterocycles. The number of hydrogen-bond acceptors (Lipinski definition) is 9. The number of nitrogens with one attached hydrogen (secondary N) is 1. The maximum Gasteiger partial charge on any atom is 0.247 e. The lowest BCUT2D eigenvalue weighted by atomic mass is 10.0. The van der Waals surface area contributed by atoms with E-state index in [1.807, 2.05) is 0 Å². The molecule has 1 aromatic heterocycles. The third-order valence-electron chi connectivity index (χ3n) is 7.73. The van der Waals surface area contributed by atoms with Crippen LogP contribution in [-0.4, -0.2) is 101 Å². The number of halogens is 1. The number of ether oxygens (including phenoxy) is 3. The van der Waals surface area contributed by atoms with Gasteiger partial charge in [0, 0.05) is 25.3 Å². The van der Waals surface area contributed by atoms with Crippen LogP contribution in [0.1, 0.15) is 44.7 Å². The van der Waals surface area contributed by atoms with Gasteiger partial charge in [0.2, 0.25) is 17.6 Å². The van der Waals surface area contributed by atoms with Crippen LogP contribution in [0.2, 0.25) is 0 Å². The summed E-state index contributed by atoms with van der Waals surface area (Å²) >= 11 is 0. The van der Waals surface area contributed by atoms with Gasteiger partial charge in [-0.1, -0.05) is 26.0 Å². The zero-order chi connectivity index (χ0) is 31.5. The fourth-order valence-corrected chi connectivity index (χ4v) is 5.25. The molecule has 238 valence electrons. The van der Waals surface area contributed by atoms with Crippen LogP contribution in [0.3, 0.4) is 0 Å². The van der Waals surface area contributed by atoms with Crippen LogP contribution in [0.25, 0.3) is 11.4 Å². The topological polar surface area (TPSA) is 124 Å². The highest BCUT2D eigenvalue weighted by Gasteiger charge is 2.32. The lowest BCUT2D eigenvalue weighted by molar-refractivity contribution is -0.142. The molecule has 2 aromatic carbocycles. The van der Waals surface area contributed by atoms with Gasteiger partial charge in [0.1, 0.15) is 18.4 Å². The number of tetrazole rings is 1. The number of carbonyl (C=O) groups excluding carboxylic acids is 2. The van der Waals surface area contributed by atoms with Crippen molar-refractivity contribution in [3.05, 3.63) is 53.8 Å². The van der Waals surface area contributed by atoms with Crippen molar-refractivity contribution in [2.24, 2.45) is 0 Å². The largest absolute Gasteiger partial charge is 0.493 e. The number of methoxy groups -OCH3 is 2. The van der Waals surface area contributed by atoms with Crippen molar-refractivity contribution in [3.8, 4) is 22.9 Å². The molecule has 12 nitrogen and oxygen atoms in total. The second-order valence-electron chi connectivity index (χ2n) is 10.5. The van der Waals surface area contributed by atoms with Crippen LogP contribution >= 0.6 is 0 Å². The molecule has 44 heavy (non-hydrogen) atoms. The summed E-state index contributed by atoms with van der Waals surface area (Å²) in [7, 11) is 3.08. The zero-order valence-corrected chi connectivity index (χ0v) is 25.9. The molecule has 0 aliphatic carbocycles. The molecule has 1 fully saturated rings. The predicted molar refractivity (Wildman–Crippen MR) is 162 cm³/mol. The molecule has 2 heterocycles. The molecule has 0 radical (unpaired) electrons. The highest BCUT2D eigenvalue weighted by Crippen LogP contribution is 2.31. The average molecular weight is 612 g/mol. The van der Waals surface area contributed by atoms with Gasteiger partial charge in [0.25, 0.3) is 0 Å². The number of hydrogen-bond donors (Lipinski definition) is 1. The lowest BCUT2D eigenvalue weighted by Gasteiger charge is -2.32. The first-order chi connectivity index (χ1) is 21.4. The van der Waals surface area contributed by atoms with Crippen molar-refractivity contribution in [2.75, 3.05) is 53.6 Å². The van der Waals surface area contributed by atoms with Crippen LogP contribution in [0.15, 0.2) is 42.5 Å². The highest BCUT2D eigenvalue weighted by molar-refractivity contribution is 5.88. The maximum atomic E-state index is 14.0. The van der Waals surface area contributed by atoms with Gasteiger partial charge < -0.3 is 29.3 Å². The van der Waals surface area contributed by atoms with Gasteiger partial charge in [0.15, 0.2) is 11.5 Å². The predicted octanol–water partition coefficient (Wildman–Crippen LogP) is 3.09. The fraction of sp³-hybridized carbons (Fsp3) is 0.516. The van der Waals surface area contributed by atoms with E-state index in [1.165, 1.54) is 28.9 Å². The summed E-state index contributed by atoms with van der Waals surface area (Å²) in [6.45, 7) is 7.69. The van der Waals surface area contributed by atoms with Crippen molar-refractivity contribution in [1.82, 2.24) is 35.3 Å². The molecule has 1 N–H and O–H groups in total. The lowest BCUT2D eigenvalue weighted by Crippen LogP contribution is -2.47. The number of aromatic nitrogens is 4. The van der Waals surface area contributed by atoms with Gasteiger partial charge in [-0.05, 0) is 80.0 Å². The van der Waals surface area contributed by atoms with Crippen LogP contribution in [0.5, 0.6) is 11.5 Å².